The lowest BCUT2D eigenvalue weighted by Gasteiger charge is -2.50. The van der Waals surface area contributed by atoms with Gasteiger partial charge in [0.15, 0.2) is 5.69 Å². The highest BCUT2D eigenvalue weighted by atomic mass is 16.5. The first-order valence-electron chi connectivity index (χ1n) is 9.17. The summed E-state index contributed by atoms with van der Waals surface area (Å²) >= 11 is 0. The topological polar surface area (TPSA) is 67.0 Å². The van der Waals surface area contributed by atoms with E-state index in [-0.39, 0.29) is 11.9 Å². The van der Waals surface area contributed by atoms with E-state index >= 15 is 0 Å². The van der Waals surface area contributed by atoms with Gasteiger partial charge in [-0.2, -0.15) is 5.10 Å². The van der Waals surface area contributed by atoms with Crippen LogP contribution in [0.15, 0.2) is 0 Å². The van der Waals surface area contributed by atoms with Gasteiger partial charge in [0.25, 0.3) is 5.91 Å². The van der Waals surface area contributed by atoms with E-state index in [0.717, 1.165) is 36.6 Å². The predicted molar refractivity (Wildman–Crippen MR) is 87.3 cm³/mol. The van der Waals surface area contributed by atoms with Crippen molar-refractivity contribution in [3.63, 3.8) is 0 Å². The second kappa shape index (κ2) is 5.93. The Balaban J connectivity index is 1.49. The van der Waals surface area contributed by atoms with Gasteiger partial charge >= 0.3 is 0 Å². The highest BCUT2D eigenvalue weighted by Crippen LogP contribution is 2.51. The fourth-order valence-electron chi connectivity index (χ4n) is 5.08. The molecule has 1 amide bonds. The number of aryl methyl sites for hydroxylation is 1. The molecular weight excluding hydrogens is 290 g/mol. The molecule has 0 aromatic carbocycles. The predicted octanol–water partition coefficient (Wildman–Crippen LogP) is 2.60. The molecule has 1 aromatic rings. The molecule has 5 heteroatoms. The minimum atomic E-state index is -0.0169. The Morgan fingerprint density at radius 1 is 1.35 bits per heavy atom. The van der Waals surface area contributed by atoms with Crippen LogP contribution in [0.1, 0.15) is 60.8 Å². The van der Waals surface area contributed by atoms with Crippen LogP contribution in [0.5, 0.6) is 0 Å². The SMILES string of the molecule is CCc1[nH]nc(C(=O)N[C@@H]2[C@@H]3CCO[C@@H]3[C@@H]2C2CCCC2)c1C. The quantitative estimate of drug-likeness (QED) is 0.897. The van der Waals surface area contributed by atoms with E-state index < -0.39 is 0 Å². The van der Waals surface area contributed by atoms with Crippen molar-refractivity contribution in [2.24, 2.45) is 17.8 Å². The second-order valence-electron chi connectivity index (χ2n) is 7.44. The van der Waals surface area contributed by atoms with Crippen LogP contribution in [0.25, 0.3) is 0 Å². The average Bonchev–Trinajstić information content (AvgIpc) is 3.26. The van der Waals surface area contributed by atoms with Crippen molar-refractivity contribution in [1.82, 2.24) is 15.5 Å². The summed E-state index contributed by atoms with van der Waals surface area (Å²) in [5.41, 5.74) is 2.61. The first-order chi connectivity index (χ1) is 11.2. The third-order valence-corrected chi connectivity index (χ3v) is 6.36. The summed E-state index contributed by atoms with van der Waals surface area (Å²) in [6, 6.07) is 0.277. The van der Waals surface area contributed by atoms with Crippen molar-refractivity contribution >= 4 is 5.91 Å². The zero-order valence-corrected chi connectivity index (χ0v) is 14.1. The van der Waals surface area contributed by atoms with Gasteiger partial charge in [0.05, 0.1) is 6.10 Å². The van der Waals surface area contributed by atoms with Crippen LogP contribution in [0, 0.1) is 24.7 Å². The highest BCUT2D eigenvalue weighted by molar-refractivity contribution is 5.94. The number of hydrogen-bond donors (Lipinski definition) is 2. The molecule has 4 rings (SSSR count). The summed E-state index contributed by atoms with van der Waals surface area (Å²) in [7, 11) is 0. The Bertz CT molecular complexity index is 586. The lowest BCUT2D eigenvalue weighted by molar-refractivity contribution is -0.0784. The van der Waals surface area contributed by atoms with Gasteiger partial charge in [-0.15, -0.1) is 0 Å². The van der Waals surface area contributed by atoms with Gasteiger partial charge in [-0.3, -0.25) is 9.89 Å². The minimum Gasteiger partial charge on any atom is -0.377 e. The largest absolute Gasteiger partial charge is 0.377 e. The number of nitrogens with zero attached hydrogens (tertiary/aromatic N) is 1. The van der Waals surface area contributed by atoms with E-state index in [0.29, 0.717) is 23.6 Å². The summed E-state index contributed by atoms with van der Waals surface area (Å²) in [4.78, 5) is 12.7. The molecule has 1 aliphatic heterocycles. The minimum absolute atomic E-state index is 0.0169. The Labute approximate surface area is 137 Å². The monoisotopic (exact) mass is 317 g/mol. The van der Waals surface area contributed by atoms with Crippen molar-refractivity contribution in [2.45, 2.75) is 64.5 Å². The van der Waals surface area contributed by atoms with Crippen molar-refractivity contribution in [1.29, 1.82) is 0 Å². The van der Waals surface area contributed by atoms with Gasteiger partial charge in [0, 0.05) is 35.7 Å². The molecule has 3 aliphatic rings. The number of H-pyrrole nitrogens is 1. The Hall–Kier alpha value is -1.36. The maximum Gasteiger partial charge on any atom is 0.272 e. The molecule has 2 saturated carbocycles. The Morgan fingerprint density at radius 3 is 2.83 bits per heavy atom. The average molecular weight is 317 g/mol. The molecule has 4 atom stereocenters. The number of hydrogen-bond acceptors (Lipinski definition) is 3. The number of rotatable bonds is 4. The van der Waals surface area contributed by atoms with Crippen LogP contribution in [0.4, 0.5) is 0 Å². The normalized spacial score (nSPS) is 33.5. The van der Waals surface area contributed by atoms with Gasteiger partial charge in [0.1, 0.15) is 0 Å². The number of carbonyl (C=O) groups is 1. The van der Waals surface area contributed by atoms with Crippen molar-refractivity contribution in [3.05, 3.63) is 17.0 Å². The number of amides is 1. The third kappa shape index (κ3) is 2.40. The van der Waals surface area contributed by atoms with Gasteiger partial charge in [-0.1, -0.05) is 32.6 Å². The van der Waals surface area contributed by atoms with E-state index in [1.54, 1.807) is 0 Å². The summed E-state index contributed by atoms with van der Waals surface area (Å²) < 4.78 is 5.97. The molecule has 2 heterocycles. The standard InChI is InChI=1S/C18H27N3O2/c1-3-13-10(2)15(21-20-13)18(22)19-16-12-8-9-23-17(12)14(16)11-6-4-5-7-11/h11-12,14,16-17H,3-9H2,1-2H3,(H,19,22)(H,20,21)/t12-,14+,16+,17-/m0/s1. The van der Waals surface area contributed by atoms with Crippen LogP contribution in [-0.4, -0.2) is 34.9 Å². The van der Waals surface area contributed by atoms with Crippen LogP contribution in [0.3, 0.4) is 0 Å². The van der Waals surface area contributed by atoms with Crippen LogP contribution in [-0.2, 0) is 11.2 Å². The summed E-state index contributed by atoms with van der Waals surface area (Å²) in [6.07, 6.45) is 7.60. The zero-order valence-electron chi connectivity index (χ0n) is 14.1. The zero-order chi connectivity index (χ0) is 16.0. The number of fused-ring (bicyclic) bond motifs is 1. The summed E-state index contributed by atoms with van der Waals surface area (Å²) in [5.74, 6) is 1.73. The fourth-order valence-corrected chi connectivity index (χ4v) is 5.08. The first kappa shape index (κ1) is 15.2. The molecule has 0 bridgehead atoms. The molecule has 5 nitrogen and oxygen atoms in total. The van der Waals surface area contributed by atoms with E-state index in [2.05, 4.69) is 22.4 Å². The highest BCUT2D eigenvalue weighted by Gasteiger charge is 2.57. The van der Waals surface area contributed by atoms with E-state index in [1.807, 2.05) is 6.92 Å². The van der Waals surface area contributed by atoms with Crippen LogP contribution in [0.2, 0.25) is 0 Å². The lowest BCUT2D eigenvalue weighted by atomic mass is 9.61. The van der Waals surface area contributed by atoms with Gasteiger partial charge < -0.3 is 10.1 Å². The molecule has 126 valence electrons. The molecule has 23 heavy (non-hydrogen) atoms. The Kier molecular flexibility index (Phi) is 3.92. The maximum atomic E-state index is 12.7. The van der Waals surface area contributed by atoms with Crippen LogP contribution < -0.4 is 5.32 Å². The molecule has 1 saturated heterocycles. The molecule has 0 spiro atoms. The van der Waals surface area contributed by atoms with Gasteiger partial charge in [-0.25, -0.2) is 0 Å². The number of aromatic nitrogens is 2. The lowest BCUT2D eigenvalue weighted by Crippen LogP contribution is -2.63. The smallest absolute Gasteiger partial charge is 0.272 e. The van der Waals surface area contributed by atoms with E-state index in [4.69, 9.17) is 4.74 Å². The fraction of sp³-hybridized carbons (Fsp3) is 0.778. The van der Waals surface area contributed by atoms with E-state index in [1.165, 1.54) is 25.7 Å². The molecule has 0 unspecified atom stereocenters. The summed E-state index contributed by atoms with van der Waals surface area (Å²) in [6.45, 7) is 4.91. The third-order valence-electron chi connectivity index (χ3n) is 6.36. The molecule has 2 N–H and O–H groups in total. The molecule has 2 aliphatic carbocycles. The molecule has 1 aromatic heterocycles. The number of ether oxygens (including phenoxy) is 1. The van der Waals surface area contributed by atoms with Gasteiger partial charge in [-0.05, 0) is 25.7 Å². The summed E-state index contributed by atoms with van der Waals surface area (Å²) in [5, 5.41) is 10.5. The van der Waals surface area contributed by atoms with Crippen molar-refractivity contribution in [3.8, 4) is 0 Å². The molecule has 0 radical (unpaired) electrons. The number of carbonyl (C=O) groups excluding carboxylic acids is 1. The molecule has 3 fully saturated rings. The number of aromatic amines is 1. The van der Waals surface area contributed by atoms with Crippen molar-refractivity contribution < 1.29 is 9.53 Å². The molecular formula is C18H27N3O2. The number of nitrogens with one attached hydrogen (secondary N) is 2. The Morgan fingerprint density at radius 2 is 2.13 bits per heavy atom. The van der Waals surface area contributed by atoms with Crippen LogP contribution >= 0.6 is 0 Å². The first-order valence-corrected chi connectivity index (χ1v) is 9.17. The maximum absolute atomic E-state index is 12.7. The van der Waals surface area contributed by atoms with Crippen molar-refractivity contribution in [2.75, 3.05) is 6.61 Å². The van der Waals surface area contributed by atoms with Gasteiger partial charge in [0.2, 0.25) is 0 Å². The second-order valence-corrected chi connectivity index (χ2v) is 7.44. The van der Waals surface area contributed by atoms with E-state index in [9.17, 15) is 4.79 Å².